The second-order valence-electron chi connectivity index (χ2n) is 5.41. The molecule has 0 amide bonds. The van der Waals surface area contributed by atoms with E-state index in [4.69, 9.17) is 0 Å². The van der Waals surface area contributed by atoms with Crippen molar-refractivity contribution in [1.82, 2.24) is 0 Å². The highest BCUT2D eigenvalue weighted by Gasteiger charge is 2.08. The molecule has 0 N–H and O–H groups in total. The number of hydrogen-bond donors (Lipinski definition) is 0. The third-order valence-electron chi connectivity index (χ3n) is 3.95. The first kappa shape index (κ1) is 13.6. The second-order valence-corrected chi connectivity index (χ2v) is 5.41. The lowest BCUT2D eigenvalue weighted by molar-refractivity contribution is 0.0983. The molecule has 0 heterocycles. The molecule has 0 spiro atoms. The predicted molar refractivity (Wildman–Crippen MR) is 87.8 cm³/mol. The van der Waals surface area contributed by atoms with Crippen molar-refractivity contribution in [2.75, 3.05) is 0 Å². The van der Waals surface area contributed by atoms with Crippen LogP contribution in [-0.2, 0) is 6.42 Å². The first-order valence-electron chi connectivity index (χ1n) is 7.30. The van der Waals surface area contributed by atoms with E-state index in [2.05, 4.69) is 25.1 Å². The van der Waals surface area contributed by atoms with Crippen molar-refractivity contribution in [3.63, 3.8) is 0 Å². The van der Waals surface area contributed by atoms with E-state index in [9.17, 15) is 4.79 Å². The fourth-order valence-corrected chi connectivity index (χ4v) is 2.65. The zero-order valence-corrected chi connectivity index (χ0v) is 12.2. The summed E-state index contributed by atoms with van der Waals surface area (Å²) in [7, 11) is 0. The largest absolute Gasteiger partial charge is 0.294 e. The first-order chi connectivity index (χ1) is 10.2. The Bertz CT molecular complexity index is 786. The summed E-state index contributed by atoms with van der Waals surface area (Å²) in [5.74, 6) is 0.212. The Hall–Kier alpha value is -2.41. The molecule has 104 valence electrons. The average molecular weight is 274 g/mol. The summed E-state index contributed by atoms with van der Waals surface area (Å²) < 4.78 is 0. The minimum Gasteiger partial charge on any atom is -0.294 e. The summed E-state index contributed by atoms with van der Waals surface area (Å²) in [6.45, 7) is 2.09. The Morgan fingerprint density at radius 3 is 2.38 bits per heavy atom. The Labute approximate surface area is 125 Å². The Balaban J connectivity index is 1.76. The third kappa shape index (κ3) is 3.03. The molecule has 0 aliphatic heterocycles. The highest BCUT2D eigenvalue weighted by molar-refractivity contribution is 6.00. The summed E-state index contributed by atoms with van der Waals surface area (Å²) >= 11 is 0. The van der Waals surface area contributed by atoms with Gasteiger partial charge in [0, 0.05) is 12.0 Å². The molecule has 0 aromatic heterocycles. The lowest BCUT2D eigenvalue weighted by Crippen LogP contribution is -2.02. The van der Waals surface area contributed by atoms with Crippen LogP contribution in [0.5, 0.6) is 0 Å². The van der Waals surface area contributed by atoms with Crippen molar-refractivity contribution in [1.29, 1.82) is 0 Å². The molecule has 3 aromatic carbocycles. The lowest BCUT2D eigenvalue weighted by Gasteiger charge is -2.06. The van der Waals surface area contributed by atoms with Crippen LogP contribution in [-0.4, -0.2) is 5.78 Å². The van der Waals surface area contributed by atoms with Crippen molar-refractivity contribution in [2.24, 2.45) is 0 Å². The maximum Gasteiger partial charge on any atom is 0.163 e. The van der Waals surface area contributed by atoms with Crippen LogP contribution in [0.2, 0.25) is 0 Å². The SMILES string of the molecule is Cc1ccccc1CCC(=O)c1ccc2ccccc2c1. The number of aryl methyl sites for hydroxylation is 2. The molecule has 0 aliphatic rings. The average Bonchev–Trinajstić information content (AvgIpc) is 2.53. The highest BCUT2D eigenvalue weighted by Crippen LogP contribution is 2.18. The van der Waals surface area contributed by atoms with E-state index in [1.54, 1.807) is 0 Å². The molecular weight excluding hydrogens is 256 g/mol. The van der Waals surface area contributed by atoms with E-state index < -0.39 is 0 Å². The summed E-state index contributed by atoms with van der Waals surface area (Å²) in [4.78, 5) is 12.4. The molecule has 1 heteroatoms. The van der Waals surface area contributed by atoms with Gasteiger partial charge in [0.2, 0.25) is 0 Å². The number of carbonyl (C=O) groups excluding carboxylic acids is 1. The van der Waals surface area contributed by atoms with E-state index in [-0.39, 0.29) is 5.78 Å². The van der Waals surface area contributed by atoms with Gasteiger partial charge in [-0.1, -0.05) is 60.7 Å². The number of carbonyl (C=O) groups is 1. The van der Waals surface area contributed by atoms with Crippen molar-refractivity contribution >= 4 is 16.6 Å². The van der Waals surface area contributed by atoms with Gasteiger partial charge < -0.3 is 0 Å². The number of rotatable bonds is 4. The van der Waals surface area contributed by atoms with Gasteiger partial charge in [-0.15, -0.1) is 0 Å². The highest BCUT2D eigenvalue weighted by atomic mass is 16.1. The van der Waals surface area contributed by atoms with Crippen LogP contribution in [0.3, 0.4) is 0 Å². The van der Waals surface area contributed by atoms with Gasteiger partial charge in [0.05, 0.1) is 0 Å². The zero-order chi connectivity index (χ0) is 14.7. The van der Waals surface area contributed by atoms with Gasteiger partial charge in [0.1, 0.15) is 0 Å². The molecule has 0 saturated carbocycles. The van der Waals surface area contributed by atoms with E-state index in [0.717, 1.165) is 17.4 Å². The summed E-state index contributed by atoms with van der Waals surface area (Å²) in [6, 6.07) is 22.3. The van der Waals surface area contributed by atoms with Crippen LogP contribution < -0.4 is 0 Å². The topological polar surface area (TPSA) is 17.1 Å². The molecule has 1 nitrogen and oxygen atoms in total. The smallest absolute Gasteiger partial charge is 0.163 e. The van der Waals surface area contributed by atoms with Gasteiger partial charge >= 0.3 is 0 Å². The Morgan fingerprint density at radius 2 is 1.57 bits per heavy atom. The van der Waals surface area contributed by atoms with Gasteiger partial charge in [0.15, 0.2) is 5.78 Å². The number of hydrogen-bond acceptors (Lipinski definition) is 1. The normalized spacial score (nSPS) is 10.7. The van der Waals surface area contributed by atoms with Gasteiger partial charge in [-0.05, 0) is 41.3 Å². The molecule has 0 atom stereocenters. The van der Waals surface area contributed by atoms with Gasteiger partial charge in [0.25, 0.3) is 0 Å². The maximum atomic E-state index is 12.4. The quantitative estimate of drug-likeness (QED) is 0.614. The fourth-order valence-electron chi connectivity index (χ4n) is 2.65. The van der Waals surface area contributed by atoms with Gasteiger partial charge in [-0.25, -0.2) is 0 Å². The predicted octanol–water partition coefficient (Wildman–Crippen LogP) is 4.96. The van der Waals surface area contributed by atoms with Crippen molar-refractivity contribution in [3.8, 4) is 0 Å². The van der Waals surface area contributed by atoms with E-state index in [1.807, 2.05) is 48.5 Å². The molecule has 3 rings (SSSR count). The van der Waals surface area contributed by atoms with Crippen LogP contribution in [0.15, 0.2) is 66.7 Å². The summed E-state index contributed by atoms with van der Waals surface area (Å²) in [6.07, 6.45) is 1.36. The summed E-state index contributed by atoms with van der Waals surface area (Å²) in [5, 5.41) is 2.30. The standard InChI is InChI=1S/C20H18O/c1-15-6-2-3-7-16(15)12-13-20(21)19-11-10-17-8-4-5-9-18(17)14-19/h2-11,14H,12-13H2,1H3. The first-order valence-corrected chi connectivity index (χ1v) is 7.30. The number of fused-ring (bicyclic) bond motifs is 1. The number of ketones is 1. The maximum absolute atomic E-state index is 12.4. The van der Waals surface area contributed by atoms with Crippen LogP contribution >= 0.6 is 0 Å². The zero-order valence-electron chi connectivity index (χ0n) is 12.2. The molecule has 3 aromatic rings. The monoisotopic (exact) mass is 274 g/mol. The van der Waals surface area contributed by atoms with Crippen molar-refractivity contribution in [3.05, 3.63) is 83.4 Å². The number of benzene rings is 3. The minimum atomic E-state index is 0.212. The van der Waals surface area contributed by atoms with Crippen LogP contribution in [0, 0.1) is 6.92 Å². The van der Waals surface area contributed by atoms with Crippen LogP contribution in [0.25, 0.3) is 10.8 Å². The lowest BCUT2D eigenvalue weighted by atomic mass is 9.98. The van der Waals surface area contributed by atoms with Crippen molar-refractivity contribution < 1.29 is 4.79 Å². The van der Waals surface area contributed by atoms with E-state index >= 15 is 0 Å². The molecule has 0 fully saturated rings. The minimum absolute atomic E-state index is 0.212. The third-order valence-corrected chi connectivity index (χ3v) is 3.95. The van der Waals surface area contributed by atoms with Gasteiger partial charge in [-0.2, -0.15) is 0 Å². The van der Waals surface area contributed by atoms with E-state index in [1.165, 1.54) is 16.5 Å². The Kier molecular flexibility index (Phi) is 3.83. The molecule has 21 heavy (non-hydrogen) atoms. The van der Waals surface area contributed by atoms with Gasteiger partial charge in [-0.3, -0.25) is 4.79 Å². The number of Topliss-reactive ketones (excluding diaryl/α,β-unsaturated/α-hetero) is 1. The molecule has 0 saturated heterocycles. The van der Waals surface area contributed by atoms with Crippen LogP contribution in [0.4, 0.5) is 0 Å². The fraction of sp³-hybridized carbons (Fsp3) is 0.150. The summed E-state index contributed by atoms with van der Waals surface area (Å²) in [5.41, 5.74) is 3.32. The van der Waals surface area contributed by atoms with Crippen molar-refractivity contribution in [2.45, 2.75) is 19.8 Å². The molecule has 0 aliphatic carbocycles. The Morgan fingerprint density at radius 1 is 0.857 bits per heavy atom. The second kappa shape index (κ2) is 5.92. The molecule has 0 unspecified atom stereocenters. The van der Waals surface area contributed by atoms with E-state index in [0.29, 0.717) is 6.42 Å². The van der Waals surface area contributed by atoms with Crippen LogP contribution in [0.1, 0.15) is 27.9 Å². The molecule has 0 bridgehead atoms. The molecular formula is C20H18O. The molecule has 0 radical (unpaired) electrons.